The fourth-order valence-corrected chi connectivity index (χ4v) is 3.20. The van der Waals surface area contributed by atoms with E-state index >= 15 is 0 Å². The molecular weight excluding hydrogens is 308 g/mol. The molecule has 9 heteroatoms. The molecule has 0 saturated heterocycles. The first kappa shape index (κ1) is 16.7. The van der Waals surface area contributed by atoms with E-state index in [1.165, 1.54) is 12.1 Å². The van der Waals surface area contributed by atoms with Crippen molar-refractivity contribution in [3.05, 3.63) is 28.3 Å². The van der Waals surface area contributed by atoms with Crippen molar-refractivity contribution in [3.8, 4) is 0 Å². The summed E-state index contributed by atoms with van der Waals surface area (Å²) in [4.78, 5) is 12.0. The number of hydrogen-bond donors (Lipinski definition) is 2. The highest BCUT2D eigenvalue weighted by molar-refractivity contribution is 7.89. The number of nitrogens with zero attached hydrogens (tertiary/aromatic N) is 2. The molecule has 122 valence electrons. The van der Waals surface area contributed by atoms with Crippen LogP contribution >= 0.6 is 0 Å². The minimum Gasteiger partial charge on any atom is -0.382 e. The monoisotopic (exact) mass is 328 g/mol. The first-order valence-corrected chi connectivity index (χ1v) is 8.46. The van der Waals surface area contributed by atoms with Gasteiger partial charge < -0.3 is 10.2 Å². The maximum absolute atomic E-state index is 11.7. The molecule has 1 unspecified atom stereocenters. The summed E-state index contributed by atoms with van der Waals surface area (Å²) >= 11 is 0. The van der Waals surface area contributed by atoms with Gasteiger partial charge >= 0.3 is 0 Å². The van der Waals surface area contributed by atoms with Crippen LogP contribution in [0.5, 0.6) is 0 Å². The number of nitrogens with one attached hydrogen (secondary N) is 1. The molecule has 22 heavy (non-hydrogen) atoms. The lowest BCUT2D eigenvalue weighted by atomic mass is 10.1. The fraction of sp³-hybridized carbons (Fsp3) is 0.538. The molecule has 0 amide bonds. The summed E-state index contributed by atoms with van der Waals surface area (Å²) < 4.78 is 23.3. The predicted molar refractivity (Wildman–Crippen MR) is 83.2 cm³/mol. The summed E-state index contributed by atoms with van der Waals surface area (Å²) in [6.45, 7) is 0.554. The van der Waals surface area contributed by atoms with Crippen LogP contribution in [0.15, 0.2) is 23.1 Å². The van der Waals surface area contributed by atoms with Crippen molar-refractivity contribution in [2.45, 2.75) is 23.8 Å². The van der Waals surface area contributed by atoms with Gasteiger partial charge in [0.25, 0.3) is 5.69 Å². The fourth-order valence-electron chi connectivity index (χ4n) is 2.47. The van der Waals surface area contributed by atoms with Crippen LogP contribution in [0.4, 0.5) is 11.4 Å². The van der Waals surface area contributed by atoms with Gasteiger partial charge in [-0.1, -0.05) is 0 Å². The molecule has 1 aromatic rings. The lowest BCUT2D eigenvalue weighted by molar-refractivity contribution is -0.385. The molecule has 0 heterocycles. The van der Waals surface area contributed by atoms with E-state index in [9.17, 15) is 18.5 Å². The van der Waals surface area contributed by atoms with Crippen LogP contribution < -0.4 is 10.5 Å². The van der Waals surface area contributed by atoms with E-state index in [0.29, 0.717) is 18.2 Å². The summed E-state index contributed by atoms with van der Waals surface area (Å²) in [7, 11) is -0.0962. The van der Waals surface area contributed by atoms with Gasteiger partial charge in [0.2, 0.25) is 10.0 Å². The normalized spacial score (nSPS) is 16.5. The van der Waals surface area contributed by atoms with Crippen LogP contribution in [-0.2, 0) is 10.0 Å². The maximum Gasteiger partial charge on any atom is 0.270 e. The first-order valence-electron chi connectivity index (χ1n) is 6.91. The Kier molecular flexibility index (Phi) is 4.69. The average molecular weight is 328 g/mol. The Bertz CT molecular complexity index is 669. The van der Waals surface area contributed by atoms with Crippen LogP contribution in [0.1, 0.15) is 12.8 Å². The third-order valence-electron chi connectivity index (χ3n) is 3.81. The minimum absolute atomic E-state index is 0.255. The number of nitro groups is 1. The number of sulfonamides is 1. The first-order chi connectivity index (χ1) is 10.2. The Morgan fingerprint density at radius 1 is 1.45 bits per heavy atom. The third-order valence-corrected chi connectivity index (χ3v) is 4.76. The van der Waals surface area contributed by atoms with Crippen LogP contribution in [-0.4, -0.2) is 44.9 Å². The third kappa shape index (κ3) is 3.93. The molecular formula is C13H20N4O4S. The lowest BCUT2D eigenvalue weighted by Crippen LogP contribution is -2.36. The van der Waals surface area contributed by atoms with E-state index in [2.05, 4.69) is 10.2 Å². The Balaban J connectivity index is 2.24. The Hall–Kier alpha value is -1.71. The van der Waals surface area contributed by atoms with Gasteiger partial charge in [-0.15, -0.1) is 0 Å². The summed E-state index contributed by atoms with van der Waals surface area (Å²) in [6, 6.07) is 3.92. The smallest absolute Gasteiger partial charge is 0.270 e. The van der Waals surface area contributed by atoms with Crippen molar-refractivity contribution < 1.29 is 13.3 Å². The van der Waals surface area contributed by atoms with E-state index in [4.69, 9.17) is 5.14 Å². The molecule has 0 spiro atoms. The minimum atomic E-state index is -4.04. The van der Waals surface area contributed by atoms with E-state index in [1.54, 1.807) is 0 Å². The number of anilines is 1. The number of primary sulfonamides is 1. The number of rotatable bonds is 7. The molecule has 8 nitrogen and oxygen atoms in total. The van der Waals surface area contributed by atoms with Crippen molar-refractivity contribution in [1.29, 1.82) is 0 Å². The second kappa shape index (κ2) is 6.19. The highest BCUT2D eigenvalue weighted by atomic mass is 32.2. The molecule has 1 aliphatic rings. The second-order valence-electron chi connectivity index (χ2n) is 5.73. The highest BCUT2D eigenvalue weighted by Crippen LogP contribution is 2.35. The van der Waals surface area contributed by atoms with Gasteiger partial charge in [-0.3, -0.25) is 10.1 Å². The summed E-state index contributed by atoms with van der Waals surface area (Å²) in [5.41, 5.74) is -0.0125. The average Bonchev–Trinajstić information content (AvgIpc) is 3.22. The van der Waals surface area contributed by atoms with E-state index in [0.717, 1.165) is 18.9 Å². The van der Waals surface area contributed by atoms with Crippen molar-refractivity contribution in [1.82, 2.24) is 4.90 Å². The number of nitrogens with two attached hydrogens (primary N) is 1. The number of benzene rings is 1. The van der Waals surface area contributed by atoms with Crippen molar-refractivity contribution in [2.75, 3.05) is 26.0 Å². The zero-order chi connectivity index (χ0) is 16.5. The van der Waals surface area contributed by atoms with Gasteiger partial charge in [0.1, 0.15) is 4.90 Å². The molecule has 1 aromatic carbocycles. The van der Waals surface area contributed by atoms with E-state index in [-0.39, 0.29) is 16.6 Å². The second-order valence-corrected chi connectivity index (χ2v) is 7.26. The predicted octanol–water partition coefficient (Wildman–Crippen LogP) is 0.994. The lowest BCUT2D eigenvalue weighted by Gasteiger charge is -2.25. The molecule has 1 atom stereocenters. The van der Waals surface area contributed by atoms with Gasteiger partial charge in [-0.25, -0.2) is 13.6 Å². The van der Waals surface area contributed by atoms with Crippen LogP contribution in [0.3, 0.4) is 0 Å². The summed E-state index contributed by atoms with van der Waals surface area (Å²) in [6.07, 6.45) is 2.32. The van der Waals surface area contributed by atoms with Gasteiger partial charge in [0.15, 0.2) is 0 Å². The molecule has 1 fully saturated rings. The van der Waals surface area contributed by atoms with Crippen molar-refractivity contribution in [2.24, 2.45) is 11.1 Å². The Morgan fingerprint density at radius 3 is 2.55 bits per heavy atom. The Morgan fingerprint density at radius 2 is 2.09 bits per heavy atom. The molecule has 3 N–H and O–H groups in total. The van der Waals surface area contributed by atoms with Crippen molar-refractivity contribution in [3.63, 3.8) is 0 Å². The van der Waals surface area contributed by atoms with Gasteiger partial charge in [0, 0.05) is 24.7 Å². The zero-order valence-corrected chi connectivity index (χ0v) is 13.3. The molecule has 0 radical (unpaired) electrons. The largest absolute Gasteiger partial charge is 0.382 e. The zero-order valence-electron chi connectivity index (χ0n) is 12.5. The van der Waals surface area contributed by atoms with Crippen LogP contribution in [0, 0.1) is 16.0 Å². The number of hydrogen-bond acceptors (Lipinski definition) is 6. The van der Waals surface area contributed by atoms with Gasteiger partial charge in [-0.2, -0.15) is 0 Å². The molecule has 1 saturated carbocycles. The summed E-state index contributed by atoms with van der Waals surface area (Å²) in [5, 5.41) is 19.0. The quantitative estimate of drug-likeness (QED) is 0.569. The number of non-ortho nitro benzene ring substituents is 1. The van der Waals surface area contributed by atoms with Crippen LogP contribution in [0.25, 0.3) is 0 Å². The molecule has 2 rings (SSSR count). The van der Waals surface area contributed by atoms with E-state index in [1.807, 2.05) is 14.1 Å². The summed E-state index contributed by atoms with van der Waals surface area (Å²) in [5.74, 6) is 0.596. The number of nitro benzene ring substituents is 1. The van der Waals surface area contributed by atoms with Gasteiger partial charge in [0.05, 0.1) is 10.6 Å². The highest BCUT2D eigenvalue weighted by Gasteiger charge is 2.32. The van der Waals surface area contributed by atoms with Crippen molar-refractivity contribution >= 4 is 21.4 Å². The van der Waals surface area contributed by atoms with Crippen LogP contribution in [0.2, 0.25) is 0 Å². The van der Waals surface area contributed by atoms with E-state index < -0.39 is 14.9 Å². The standard InChI is InChI=1S/C13H20N4O4S/c1-16(2)12(9-3-4-9)8-15-11-6-5-10(17(18)19)7-13(11)22(14,20)21/h5-7,9,12,15H,3-4,8H2,1-2H3,(H2,14,20,21). The molecule has 0 aliphatic heterocycles. The topological polar surface area (TPSA) is 119 Å². The molecule has 1 aliphatic carbocycles. The van der Waals surface area contributed by atoms with Gasteiger partial charge in [-0.05, 0) is 38.9 Å². The molecule has 0 bridgehead atoms. The number of likely N-dealkylation sites (N-methyl/N-ethyl adjacent to an activating group) is 1. The Labute approximate surface area is 129 Å². The molecule has 0 aromatic heterocycles. The maximum atomic E-state index is 11.7. The SMILES string of the molecule is CN(C)C(CNc1ccc([N+](=O)[O-])cc1S(N)(=O)=O)C1CC1.